The highest BCUT2D eigenvalue weighted by Gasteiger charge is 2.10. The van der Waals surface area contributed by atoms with Gasteiger partial charge in [0, 0.05) is 31.4 Å². The maximum atomic E-state index is 14.7. The summed E-state index contributed by atoms with van der Waals surface area (Å²) in [5.41, 5.74) is 3.18. The molecule has 0 radical (unpaired) electrons. The number of hydrogen-bond donors (Lipinski definition) is 0. The van der Waals surface area contributed by atoms with Crippen molar-refractivity contribution in [3.05, 3.63) is 89.3 Å². The summed E-state index contributed by atoms with van der Waals surface area (Å²) < 4.78 is 20.3. The van der Waals surface area contributed by atoms with Gasteiger partial charge in [0.25, 0.3) is 0 Å². The Kier molecular flexibility index (Phi) is 7.44. The van der Waals surface area contributed by atoms with E-state index in [0.717, 1.165) is 16.8 Å². The van der Waals surface area contributed by atoms with Gasteiger partial charge >= 0.3 is 0 Å². The second-order valence-electron chi connectivity index (χ2n) is 7.38. The number of nitrogens with zero attached hydrogens (tertiary/aromatic N) is 4. The van der Waals surface area contributed by atoms with E-state index in [-0.39, 0.29) is 5.75 Å². The van der Waals surface area contributed by atoms with Crippen molar-refractivity contribution in [3.63, 3.8) is 0 Å². The van der Waals surface area contributed by atoms with E-state index in [1.54, 1.807) is 38.4 Å². The molecule has 1 aromatic heterocycles. The molecule has 0 N–H and O–H groups in total. The zero-order chi connectivity index (χ0) is 23.1. The Bertz CT molecular complexity index is 1140. The van der Waals surface area contributed by atoms with Crippen molar-refractivity contribution in [3.8, 4) is 11.6 Å². The number of benzene rings is 2. The third kappa shape index (κ3) is 6.07. The fourth-order valence-electron chi connectivity index (χ4n) is 3.02. The van der Waals surface area contributed by atoms with Crippen molar-refractivity contribution in [2.75, 3.05) is 7.05 Å². The molecular weight excluding hydrogens is 407 g/mol. The van der Waals surface area contributed by atoms with Crippen molar-refractivity contribution in [1.82, 2.24) is 14.9 Å². The number of allylic oxidation sites excluding steroid dienone is 1. The lowest BCUT2D eigenvalue weighted by atomic mass is 10.1. The molecule has 32 heavy (non-hydrogen) atoms. The number of ether oxygens (including phenoxy) is 1. The highest BCUT2D eigenvalue weighted by molar-refractivity contribution is 5.92. The first-order valence-electron chi connectivity index (χ1n) is 10.1. The zero-order valence-corrected chi connectivity index (χ0v) is 18.5. The molecule has 0 bridgehead atoms. The number of aliphatic imine (C=N–C) groups is 1. The molecule has 0 aliphatic heterocycles. The number of halogens is 1. The van der Waals surface area contributed by atoms with Gasteiger partial charge in [0.05, 0.1) is 0 Å². The fraction of sp³-hybridized carbons (Fsp3) is 0.200. The minimum atomic E-state index is -0.511. The van der Waals surface area contributed by atoms with Gasteiger partial charge in [-0.2, -0.15) is 4.98 Å². The summed E-state index contributed by atoms with van der Waals surface area (Å²) in [6.07, 6.45) is 2.84. The predicted molar refractivity (Wildman–Crippen MR) is 123 cm³/mol. The van der Waals surface area contributed by atoms with Crippen molar-refractivity contribution in [2.45, 2.75) is 27.2 Å². The standard InChI is InChI=1S/C25H25FN4O2/c1-17(15-27-24(30(4)16-31)13-20-8-6-5-7-9-20)21-10-11-23(22(26)14-21)32-25-12-18(2)28-19(3)29-25/h5-12,14-16H,13H2,1-4H3/b17-15+,27-24?. The van der Waals surface area contributed by atoms with Crippen LogP contribution in [0.1, 0.15) is 29.6 Å². The first kappa shape index (κ1) is 22.8. The van der Waals surface area contributed by atoms with Gasteiger partial charge in [0.1, 0.15) is 11.7 Å². The number of amidine groups is 1. The monoisotopic (exact) mass is 432 g/mol. The summed E-state index contributed by atoms with van der Waals surface area (Å²) in [6, 6.07) is 16.1. The molecule has 0 saturated carbocycles. The Morgan fingerprint density at radius 1 is 1.12 bits per heavy atom. The number of carbonyl (C=O) groups is 1. The molecular formula is C25H25FN4O2. The van der Waals surface area contributed by atoms with Gasteiger partial charge in [-0.05, 0) is 49.6 Å². The van der Waals surface area contributed by atoms with Crippen LogP contribution in [-0.2, 0) is 11.2 Å². The largest absolute Gasteiger partial charge is 0.436 e. The summed E-state index contributed by atoms with van der Waals surface area (Å²) in [6.45, 7) is 5.41. The molecule has 0 atom stereocenters. The number of rotatable bonds is 7. The quantitative estimate of drug-likeness (QED) is 0.295. The summed E-state index contributed by atoms with van der Waals surface area (Å²) in [5.74, 6) is 0.998. The third-order valence-corrected chi connectivity index (χ3v) is 4.72. The molecule has 3 rings (SSSR count). The highest BCUT2D eigenvalue weighted by atomic mass is 19.1. The van der Waals surface area contributed by atoms with Crippen LogP contribution in [0, 0.1) is 19.7 Å². The molecule has 1 heterocycles. The number of hydrogen-bond acceptors (Lipinski definition) is 5. The van der Waals surface area contributed by atoms with Gasteiger partial charge in [-0.25, -0.2) is 14.4 Å². The SMILES string of the molecule is C/C(=C\N=C(Cc1ccccc1)N(C)C=O)c1ccc(Oc2cc(C)nc(C)n2)c(F)c1. The lowest BCUT2D eigenvalue weighted by Gasteiger charge is -2.14. The molecule has 164 valence electrons. The average Bonchev–Trinajstić information content (AvgIpc) is 2.77. The third-order valence-electron chi connectivity index (χ3n) is 4.72. The van der Waals surface area contributed by atoms with Gasteiger partial charge in [-0.15, -0.1) is 0 Å². The molecule has 1 amide bonds. The van der Waals surface area contributed by atoms with Crippen molar-refractivity contribution < 1.29 is 13.9 Å². The van der Waals surface area contributed by atoms with E-state index in [2.05, 4.69) is 15.0 Å². The first-order chi connectivity index (χ1) is 15.4. The number of aryl methyl sites for hydroxylation is 2. The van der Waals surface area contributed by atoms with E-state index in [4.69, 9.17) is 4.74 Å². The van der Waals surface area contributed by atoms with E-state index in [0.29, 0.717) is 35.9 Å². The molecule has 6 nitrogen and oxygen atoms in total. The number of amides is 1. The average molecular weight is 432 g/mol. The fourth-order valence-corrected chi connectivity index (χ4v) is 3.02. The first-order valence-corrected chi connectivity index (χ1v) is 10.1. The molecule has 0 fully saturated rings. The lowest BCUT2D eigenvalue weighted by Crippen LogP contribution is -2.26. The molecule has 3 aromatic rings. The Morgan fingerprint density at radius 3 is 2.53 bits per heavy atom. The van der Waals surface area contributed by atoms with Crippen molar-refractivity contribution in [1.29, 1.82) is 0 Å². The number of likely N-dealkylation sites (N-methyl/N-ethyl adjacent to an activating group) is 1. The van der Waals surface area contributed by atoms with Gasteiger partial charge in [0.2, 0.25) is 12.3 Å². The van der Waals surface area contributed by atoms with E-state index in [9.17, 15) is 9.18 Å². The van der Waals surface area contributed by atoms with E-state index in [1.165, 1.54) is 11.0 Å². The van der Waals surface area contributed by atoms with E-state index >= 15 is 0 Å². The maximum Gasteiger partial charge on any atom is 0.222 e. The van der Waals surface area contributed by atoms with E-state index < -0.39 is 5.82 Å². The van der Waals surface area contributed by atoms with E-state index in [1.807, 2.05) is 44.2 Å². The van der Waals surface area contributed by atoms with Gasteiger partial charge in [-0.3, -0.25) is 4.79 Å². The Balaban J connectivity index is 1.81. The van der Waals surface area contributed by atoms with Gasteiger partial charge in [0.15, 0.2) is 11.6 Å². The lowest BCUT2D eigenvalue weighted by molar-refractivity contribution is -0.114. The molecule has 2 aromatic carbocycles. The van der Waals surface area contributed by atoms with Gasteiger partial charge in [-0.1, -0.05) is 36.4 Å². The predicted octanol–water partition coefficient (Wildman–Crippen LogP) is 5.12. The minimum absolute atomic E-state index is 0.0769. The Labute approximate surface area is 187 Å². The smallest absolute Gasteiger partial charge is 0.222 e. The molecule has 0 unspecified atom stereocenters. The molecule has 0 saturated heterocycles. The second-order valence-corrected chi connectivity index (χ2v) is 7.38. The van der Waals surface area contributed by atoms with Crippen LogP contribution in [0.25, 0.3) is 5.57 Å². The van der Waals surface area contributed by atoms with Crippen LogP contribution in [0.2, 0.25) is 0 Å². The van der Waals surface area contributed by atoms with Crippen molar-refractivity contribution in [2.24, 2.45) is 4.99 Å². The summed E-state index contributed by atoms with van der Waals surface area (Å²) in [5, 5.41) is 0. The van der Waals surface area contributed by atoms with Crippen LogP contribution in [0.4, 0.5) is 4.39 Å². The number of aromatic nitrogens is 2. The van der Waals surface area contributed by atoms with Crippen LogP contribution in [-0.4, -0.2) is 34.2 Å². The summed E-state index contributed by atoms with van der Waals surface area (Å²) >= 11 is 0. The molecule has 0 spiro atoms. The normalized spacial score (nSPS) is 11.9. The van der Waals surface area contributed by atoms with Crippen molar-refractivity contribution >= 4 is 17.8 Å². The second kappa shape index (κ2) is 10.4. The van der Waals surface area contributed by atoms with Crippen LogP contribution in [0.3, 0.4) is 0 Å². The highest BCUT2D eigenvalue weighted by Crippen LogP contribution is 2.26. The maximum absolute atomic E-state index is 14.7. The molecule has 0 aliphatic rings. The van der Waals surface area contributed by atoms with Crippen LogP contribution in [0.5, 0.6) is 11.6 Å². The Hall–Kier alpha value is -3.87. The van der Waals surface area contributed by atoms with Gasteiger partial charge < -0.3 is 9.64 Å². The summed E-state index contributed by atoms with van der Waals surface area (Å²) in [7, 11) is 1.65. The topological polar surface area (TPSA) is 67.7 Å². The Morgan fingerprint density at radius 2 is 1.88 bits per heavy atom. The summed E-state index contributed by atoms with van der Waals surface area (Å²) in [4.78, 5) is 25.6. The van der Waals surface area contributed by atoms with Crippen LogP contribution < -0.4 is 4.74 Å². The molecule has 7 heteroatoms. The minimum Gasteiger partial charge on any atom is -0.436 e. The zero-order valence-electron chi connectivity index (χ0n) is 18.5. The molecule has 0 aliphatic carbocycles. The van der Waals surface area contributed by atoms with Crippen LogP contribution in [0.15, 0.2) is 65.8 Å². The van der Waals surface area contributed by atoms with Crippen LogP contribution >= 0.6 is 0 Å². The number of carbonyl (C=O) groups excluding carboxylic acids is 1.